The summed E-state index contributed by atoms with van der Waals surface area (Å²) in [4.78, 5) is 39.2. The van der Waals surface area contributed by atoms with Crippen LogP contribution in [0.15, 0.2) is 30.6 Å². The molecule has 2 amide bonds. The zero-order valence-corrected chi connectivity index (χ0v) is 24.3. The van der Waals surface area contributed by atoms with Gasteiger partial charge in [-0.1, -0.05) is 25.4 Å². The van der Waals surface area contributed by atoms with E-state index in [1.807, 2.05) is 18.7 Å². The van der Waals surface area contributed by atoms with Crippen LogP contribution in [0.2, 0.25) is 5.02 Å². The Hall–Kier alpha value is -3.28. The highest BCUT2D eigenvalue weighted by Gasteiger charge is 2.41. The lowest BCUT2D eigenvalue weighted by molar-refractivity contribution is -0.137. The summed E-state index contributed by atoms with van der Waals surface area (Å²) in [5.41, 5.74) is -0.0290. The summed E-state index contributed by atoms with van der Waals surface area (Å²) in [6.45, 7) is 8.28. The summed E-state index contributed by atoms with van der Waals surface area (Å²) in [5.74, 6) is 0.294. The Bertz CT molecular complexity index is 1220. The molecule has 224 valence electrons. The topological polar surface area (TPSA) is 88.1 Å². The molecule has 3 heterocycles. The van der Waals surface area contributed by atoms with Crippen LogP contribution in [0.1, 0.15) is 64.5 Å². The Balaban J connectivity index is 1.70. The normalized spacial score (nSPS) is 21.3. The van der Waals surface area contributed by atoms with Gasteiger partial charge in [0.25, 0.3) is 0 Å². The van der Waals surface area contributed by atoms with Gasteiger partial charge in [0.1, 0.15) is 6.61 Å². The summed E-state index contributed by atoms with van der Waals surface area (Å²) in [5, 5.41) is -0.0253. The van der Waals surface area contributed by atoms with Crippen molar-refractivity contribution in [2.75, 3.05) is 23.0 Å². The van der Waals surface area contributed by atoms with Gasteiger partial charge in [0.15, 0.2) is 0 Å². The van der Waals surface area contributed by atoms with E-state index in [9.17, 15) is 22.8 Å². The maximum atomic E-state index is 13.6. The lowest BCUT2D eigenvalue weighted by Crippen LogP contribution is -2.57. The number of amides is 2. The predicted molar refractivity (Wildman–Crippen MR) is 148 cm³/mol. The van der Waals surface area contributed by atoms with Gasteiger partial charge in [0, 0.05) is 29.7 Å². The molecular weight excluding hydrogens is 563 g/mol. The standard InChI is InChI=1S/C28H35ClF3N5O4/c1-5-21-12-23(13-22(6-2)37(21)27(39)41-17(3)4)36(16-18-9-19(28(30,31)32)11-20(29)10-18)25-33-14-24(15-34-25)35-7-8-40-26(35)38/h9-11,14-15,17,21-23H,5-8,12-13,16H2,1-4H3/t21-,22+,23+. The molecule has 0 unspecified atom stereocenters. The number of hydrogen-bond acceptors (Lipinski definition) is 7. The zero-order chi connectivity index (χ0) is 29.9. The zero-order valence-electron chi connectivity index (χ0n) is 23.5. The molecule has 2 fully saturated rings. The number of anilines is 2. The molecule has 1 aromatic carbocycles. The van der Waals surface area contributed by atoms with Crippen molar-refractivity contribution in [2.45, 2.75) is 90.3 Å². The molecule has 41 heavy (non-hydrogen) atoms. The Morgan fingerprint density at radius 2 is 1.78 bits per heavy atom. The van der Waals surface area contributed by atoms with Gasteiger partial charge in [-0.3, -0.25) is 4.90 Å². The molecule has 3 atom stereocenters. The second kappa shape index (κ2) is 12.7. The van der Waals surface area contributed by atoms with E-state index in [4.69, 9.17) is 21.1 Å². The van der Waals surface area contributed by atoms with Gasteiger partial charge in [-0.2, -0.15) is 13.2 Å². The van der Waals surface area contributed by atoms with E-state index >= 15 is 0 Å². The van der Waals surface area contributed by atoms with Crippen molar-refractivity contribution in [3.8, 4) is 0 Å². The minimum absolute atomic E-state index is 0.0253. The molecule has 0 aliphatic carbocycles. The van der Waals surface area contributed by atoms with E-state index < -0.39 is 17.8 Å². The van der Waals surface area contributed by atoms with Crippen LogP contribution in [0.3, 0.4) is 0 Å². The molecule has 13 heteroatoms. The minimum Gasteiger partial charge on any atom is -0.447 e. The first-order valence-electron chi connectivity index (χ1n) is 13.8. The third-order valence-electron chi connectivity index (χ3n) is 7.40. The number of aromatic nitrogens is 2. The molecule has 0 saturated carbocycles. The fourth-order valence-corrected chi connectivity index (χ4v) is 5.74. The van der Waals surface area contributed by atoms with Crippen molar-refractivity contribution < 1.29 is 32.2 Å². The van der Waals surface area contributed by atoms with Crippen LogP contribution in [0, 0.1) is 0 Å². The van der Waals surface area contributed by atoms with Gasteiger partial charge in [0.2, 0.25) is 5.95 Å². The molecule has 9 nitrogen and oxygen atoms in total. The third-order valence-corrected chi connectivity index (χ3v) is 7.62. The molecule has 2 aliphatic heterocycles. The molecule has 1 aromatic heterocycles. The SMILES string of the molecule is CC[C@@H]1C[C@H](N(Cc2cc(Cl)cc(C(F)(F)F)c2)c2ncc(N3CCOC3=O)cn2)C[C@H](CC)N1C(=O)OC(C)C. The quantitative estimate of drug-likeness (QED) is 0.335. The fraction of sp³-hybridized carbons (Fsp3) is 0.571. The van der Waals surface area contributed by atoms with Gasteiger partial charge in [-0.25, -0.2) is 19.6 Å². The first-order chi connectivity index (χ1) is 19.4. The van der Waals surface area contributed by atoms with E-state index in [1.165, 1.54) is 23.4 Å². The first kappa shape index (κ1) is 30.7. The van der Waals surface area contributed by atoms with Gasteiger partial charge >= 0.3 is 18.4 Å². The van der Waals surface area contributed by atoms with Gasteiger partial charge < -0.3 is 19.3 Å². The van der Waals surface area contributed by atoms with Crippen LogP contribution in [0.25, 0.3) is 0 Å². The first-order valence-corrected chi connectivity index (χ1v) is 14.2. The van der Waals surface area contributed by atoms with Crippen molar-refractivity contribution in [3.63, 3.8) is 0 Å². The molecule has 2 saturated heterocycles. The number of cyclic esters (lactones) is 1. The highest BCUT2D eigenvalue weighted by molar-refractivity contribution is 6.30. The lowest BCUT2D eigenvalue weighted by atomic mass is 9.87. The molecule has 0 radical (unpaired) electrons. The fourth-order valence-electron chi connectivity index (χ4n) is 5.49. The van der Waals surface area contributed by atoms with Crippen molar-refractivity contribution in [1.29, 1.82) is 0 Å². The largest absolute Gasteiger partial charge is 0.447 e. The summed E-state index contributed by atoms with van der Waals surface area (Å²) >= 11 is 6.11. The Morgan fingerprint density at radius 3 is 2.29 bits per heavy atom. The summed E-state index contributed by atoms with van der Waals surface area (Å²) in [7, 11) is 0. The van der Waals surface area contributed by atoms with Crippen LogP contribution in [0.4, 0.5) is 34.4 Å². The van der Waals surface area contributed by atoms with E-state index in [2.05, 4.69) is 9.97 Å². The Morgan fingerprint density at radius 1 is 1.15 bits per heavy atom. The second-order valence-corrected chi connectivity index (χ2v) is 11.0. The highest BCUT2D eigenvalue weighted by Crippen LogP contribution is 2.36. The Kier molecular flexibility index (Phi) is 9.51. The smallest absolute Gasteiger partial charge is 0.416 e. The van der Waals surface area contributed by atoms with E-state index in [-0.39, 0.29) is 48.5 Å². The van der Waals surface area contributed by atoms with Crippen LogP contribution in [-0.2, 0) is 22.2 Å². The average molecular weight is 598 g/mol. The van der Waals surface area contributed by atoms with Gasteiger partial charge in [0.05, 0.1) is 36.3 Å². The molecule has 4 rings (SSSR count). The van der Waals surface area contributed by atoms with E-state index in [0.717, 1.165) is 12.1 Å². The van der Waals surface area contributed by atoms with Crippen molar-refractivity contribution in [1.82, 2.24) is 14.9 Å². The predicted octanol–water partition coefficient (Wildman–Crippen LogP) is 6.68. The number of hydrogen-bond donors (Lipinski definition) is 0. The van der Waals surface area contributed by atoms with E-state index in [1.54, 1.807) is 18.7 Å². The van der Waals surface area contributed by atoms with Crippen LogP contribution in [-0.4, -0.2) is 64.4 Å². The molecular formula is C28H35ClF3N5O4. The van der Waals surface area contributed by atoms with Crippen molar-refractivity contribution in [2.24, 2.45) is 0 Å². The van der Waals surface area contributed by atoms with Crippen molar-refractivity contribution in [3.05, 3.63) is 46.7 Å². The van der Waals surface area contributed by atoms with Crippen LogP contribution >= 0.6 is 11.6 Å². The summed E-state index contributed by atoms with van der Waals surface area (Å²) in [6.07, 6.45) is -0.267. The van der Waals surface area contributed by atoms with Crippen LogP contribution < -0.4 is 9.80 Å². The second-order valence-electron chi connectivity index (χ2n) is 10.6. The number of alkyl halides is 3. The number of likely N-dealkylation sites (tertiary alicyclic amines) is 1. The number of nitrogens with zero attached hydrogens (tertiary/aromatic N) is 5. The number of ether oxygens (including phenoxy) is 2. The minimum atomic E-state index is -4.56. The molecule has 0 N–H and O–H groups in total. The summed E-state index contributed by atoms with van der Waals surface area (Å²) < 4.78 is 51.3. The molecule has 2 aromatic rings. The van der Waals surface area contributed by atoms with Gasteiger partial charge in [-0.15, -0.1) is 0 Å². The van der Waals surface area contributed by atoms with Crippen LogP contribution in [0.5, 0.6) is 0 Å². The lowest BCUT2D eigenvalue weighted by Gasteiger charge is -2.47. The number of piperidine rings is 1. The molecule has 0 spiro atoms. The summed E-state index contributed by atoms with van der Waals surface area (Å²) in [6, 6.07) is 2.96. The number of carbonyl (C=O) groups excluding carboxylic acids is 2. The maximum Gasteiger partial charge on any atom is 0.416 e. The number of carbonyl (C=O) groups is 2. The number of benzene rings is 1. The maximum absolute atomic E-state index is 13.6. The molecule has 2 aliphatic rings. The van der Waals surface area contributed by atoms with E-state index in [0.29, 0.717) is 49.4 Å². The van der Waals surface area contributed by atoms with Gasteiger partial charge in [-0.05, 0) is 63.3 Å². The number of rotatable bonds is 8. The van der Waals surface area contributed by atoms with Crippen molar-refractivity contribution >= 4 is 35.4 Å². The number of halogens is 4. The average Bonchev–Trinajstić information content (AvgIpc) is 3.35. The monoisotopic (exact) mass is 597 g/mol. The highest BCUT2D eigenvalue weighted by atomic mass is 35.5. The molecule has 0 bridgehead atoms. The third kappa shape index (κ3) is 7.14. The Labute approximate surface area is 242 Å².